The Hall–Kier alpha value is -1.11. The molecule has 0 unspecified atom stereocenters. The molecule has 1 aromatic carbocycles. The van der Waals surface area contributed by atoms with Crippen LogP contribution in [-0.2, 0) is 22.8 Å². The molecule has 5 nitrogen and oxygen atoms in total. The molecule has 0 saturated carbocycles. The van der Waals surface area contributed by atoms with E-state index in [2.05, 4.69) is 41.8 Å². The fourth-order valence-corrected chi connectivity index (χ4v) is 6.48. The van der Waals surface area contributed by atoms with Gasteiger partial charge in [0.25, 0.3) is 0 Å². The summed E-state index contributed by atoms with van der Waals surface area (Å²) in [6, 6.07) is 6.69. The zero-order chi connectivity index (χ0) is 17.1. The van der Waals surface area contributed by atoms with Crippen molar-refractivity contribution in [1.29, 1.82) is 0 Å². The first-order valence-electron chi connectivity index (χ1n) is 8.68. The molecule has 2 saturated heterocycles. The number of sulfone groups is 1. The minimum absolute atomic E-state index is 0.120. The fraction of sp³-hybridized carbons (Fsp3) is 0.667. The lowest BCUT2D eigenvalue weighted by Crippen LogP contribution is -2.57. The fourth-order valence-electron chi connectivity index (χ4n) is 4.39. The van der Waals surface area contributed by atoms with Gasteiger partial charge >= 0.3 is 0 Å². The van der Waals surface area contributed by atoms with Gasteiger partial charge in [-0.05, 0) is 38.1 Å². The van der Waals surface area contributed by atoms with Gasteiger partial charge in [-0.15, -0.1) is 0 Å². The summed E-state index contributed by atoms with van der Waals surface area (Å²) >= 11 is 0. The van der Waals surface area contributed by atoms with E-state index in [1.54, 1.807) is 0 Å². The van der Waals surface area contributed by atoms with Gasteiger partial charge in [0, 0.05) is 38.1 Å². The first-order chi connectivity index (χ1) is 11.2. The first-order valence-corrected chi connectivity index (χ1v) is 10.5. The largest absolute Gasteiger partial charge is 0.487 e. The second-order valence-electron chi connectivity index (χ2n) is 8.14. The van der Waals surface area contributed by atoms with Crippen molar-refractivity contribution in [2.24, 2.45) is 0 Å². The van der Waals surface area contributed by atoms with Crippen molar-refractivity contribution in [3.63, 3.8) is 0 Å². The second-order valence-corrected chi connectivity index (χ2v) is 10.3. The molecule has 132 valence electrons. The molecule has 6 heteroatoms. The lowest BCUT2D eigenvalue weighted by molar-refractivity contribution is 0.0573. The number of piperazine rings is 1. The summed E-state index contributed by atoms with van der Waals surface area (Å²) in [4.78, 5) is 4.57. The summed E-state index contributed by atoms with van der Waals surface area (Å²) in [7, 11) is -0.869. The molecule has 3 aliphatic heterocycles. The molecule has 0 aliphatic carbocycles. The van der Waals surface area contributed by atoms with E-state index in [9.17, 15) is 8.42 Å². The summed E-state index contributed by atoms with van der Waals surface area (Å²) < 4.78 is 30.1. The minimum atomic E-state index is -2.92. The lowest BCUT2D eigenvalue weighted by atomic mass is 9.99. The molecule has 0 radical (unpaired) electrons. The van der Waals surface area contributed by atoms with Crippen LogP contribution >= 0.6 is 0 Å². The molecule has 0 spiro atoms. The van der Waals surface area contributed by atoms with E-state index in [0.29, 0.717) is 11.5 Å². The Bertz CT molecular complexity index is 760. The maximum Gasteiger partial charge on any atom is 0.153 e. The van der Waals surface area contributed by atoms with E-state index in [1.807, 2.05) is 7.05 Å². The maximum atomic E-state index is 12.1. The zero-order valence-corrected chi connectivity index (χ0v) is 15.5. The van der Waals surface area contributed by atoms with E-state index < -0.39 is 9.84 Å². The highest BCUT2D eigenvalue weighted by atomic mass is 32.2. The number of nitrogens with zero attached hydrogens (tertiary/aromatic N) is 2. The van der Waals surface area contributed by atoms with Crippen LogP contribution in [0.4, 0.5) is 0 Å². The predicted molar refractivity (Wildman–Crippen MR) is 94.1 cm³/mol. The Morgan fingerprint density at radius 1 is 1.21 bits per heavy atom. The van der Waals surface area contributed by atoms with Gasteiger partial charge in [-0.3, -0.25) is 9.80 Å². The molecule has 2 atom stereocenters. The smallest absolute Gasteiger partial charge is 0.153 e. The molecule has 0 aromatic heterocycles. The Morgan fingerprint density at radius 3 is 2.75 bits per heavy atom. The van der Waals surface area contributed by atoms with Crippen molar-refractivity contribution >= 4 is 9.84 Å². The number of hydrogen-bond donors (Lipinski definition) is 0. The number of fused-ring (bicyclic) bond motifs is 2. The third-order valence-electron chi connectivity index (χ3n) is 5.58. The van der Waals surface area contributed by atoms with Crippen LogP contribution in [0.25, 0.3) is 0 Å². The van der Waals surface area contributed by atoms with E-state index in [1.165, 1.54) is 11.1 Å². The first kappa shape index (κ1) is 16.4. The molecular formula is C18H26N2O3S. The standard InChI is InChI=1S/C18H26N2O3S/c1-18(2)9-14-8-13(4-5-17(14)23-18)10-20-7-6-19(3)15-11-24(21,22)12-16(15)20/h4-5,8,15-16H,6-7,9-12H2,1-3H3/t15-,16+/m0/s1. The van der Waals surface area contributed by atoms with Crippen molar-refractivity contribution in [2.45, 2.75) is 44.5 Å². The number of benzene rings is 1. The van der Waals surface area contributed by atoms with Crippen LogP contribution in [0.1, 0.15) is 25.0 Å². The van der Waals surface area contributed by atoms with E-state index in [4.69, 9.17) is 4.74 Å². The third-order valence-corrected chi connectivity index (χ3v) is 7.28. The van der Waals surface area contributed by atoms with Crippen LogP contribution in [0, 0.1) is 0 Å². The lowest BCUT2D eigenvalue weighted by Gasteiger charge is -2.42. The predicted octanol–water partition coefficient (Wildman–Crippen LogP) is 1.31. The number of ether oxygens (including phenoxy) is 1. The van der Waals surface area contributed by atoms with E-state index >= 15 is 0 Å². The SMILES string of the molecule is CN1CCN(Cc2ccc3c(c2)CC(C)(C)O3)[C@@H]2CS(=O)(=O)C[C@@H]21. The number of likely N-dealkylation sites (N-methyl/N-ethyl adjacent to an activating group) is 1. The second kappa shape index (κ2) is 5.44. The van der Waals surface area contributed by atoms with Crippen molar-refractivity contribution in [3.8, 4) is 5.75 Å². The topological polar surface area (TPSA) is 49.9 Å². The zero-order valence-electron chi connectivity index (χ0n) is 14.7. The van der Waals surface area contributed by atoms with Crippen molar-refractivity contribution in [1.82, 2.24) is 9.80 Å². The molecule has 3 aliphatic rings. The summed E-state index contributed by atoms with van der Waals surface area (Å²) in [5.74, 6) is 1.59. The van der Waals surface area contributed by atoms with Crippen LogP contribution in [0.2, 0.25) is 0 Å². The number of hydrogen-bond acceptors (Lipinski definition) is 5. The van der Waals surface area contributed by atoms with Gasteiger partial charge in [-0.25, -0.2) is 8.42 Å². The monoisotopic (exact) mass is 350 g/mol. The number of rotatable bonds is 2. The van der Waals surface area contributed by atoms with Crippen LogP contribution in [0.5, 0.6) is 5.75 Å². The van der Waals surface area contributed by atoms with Crippen molar-refractivity contribution in [2.75, 3.05) is 31.6 Å². The van der Waals surface area contributed by atoms with Crippen molar-refractivity contribution in [3.05, 3.63) is 29.3 Å². The summed E-state index contributed by atoms with van der Waals surface area (Å²) in [6.07, 6.45) is 0.930. The molecule has 3 heterocycles. The van der Waals surface area contributed by atoms with E-state index in [0.717, 1.165) is 31.8 Å². The van der Waals surface area contributed by atoms with Gasteiger partial charge in [0.1, 0.15) is 11.4 Å². The van der Waals surface area contributed by atoms with Crippen LogP contribution < -0.4 is 4.74 Å². The summed E-state index contributed by atoms with van der Waals surface area (Å²) in [5, 5.41) is 0. The van der Waals surface area contributed by atoms with Gasteiger partial charge in [-0.2, -0.15) is 0 Å². The minimum Gasteiger partial charge on any atom is -0.487 e. The Balaban J connectivity index is 1.54. The molecule has 1 aromatic rings. The van der Waals surface area contributed by atoms with Gasteiger partial charge in [0.15, 0.2) is 9.84 Å². The molecule has 0 bridgehead atoms. The highest BCUT2D eigenvalue weighted by Crippen LogP contribution is 2.36. The Labute approximate surface area is 144 Å². The highest BCUT2D eigenvalue weighted by molar-refractivity contribution is 7.91. The van der Waals surface area contributed by atoms with Gasteiger partial charge < -0.3 is 4.74 Å². The normalized spacial score (nSPS) is 31.5. The maximum absolute atomic E-state index is 12.1. The molecule has 2 fully saturated rings. The summed E-state index contributed by atoms with van der Waals surface area (Å²) in [5.41, 5.74) is 2.39. The van der Waals surface area contributed by atoms with Gasteiger partial charge in [-0.1, -0.05) is 12.1 Å². The van der Waals surface area contributed by atoms with Crippen LogP contribution in [-0.4, -0.2) is 67.5 Å². The quantitative estimate of drug-likeness (QED) is 0.805. The molecule has 4 rings (SSSR count). The van der Waals surface area contributed by atoms with E-state index in [-0.39, 0.29) is 17.7 Å². The average molecular weight is 350 g/mol. The molecule has 0 amide bonds. The van der Waals surface area contributed by atoms with Crippen LogP contribution in [0.3, 0.4) is 0 Å². The van der Waals surface area contributed by atoms with Gasteiger partial charge in [0.2, 0.25) is 0 Å². The van der Waals surface area contributed by atoms with Crippen molar-refractivity contribution < 1.29 is 13.2 Å². The van der Waals surface area contributed by atoms with Crippen LogP contribution in [0.15, 0.2) is 18.2 Å². The average Bonchev–Trinajstić information content (AvgIpc) is 2.96. The third kappa shape index (κ3) is 2.95. The Kier molecular flexibility index (Phi) is 3.71. The highest BCUT2D eigenvalue weighted by Gasteiger charge is 2.45. The van der Waals surface area contributed by atoms with Gasteiger partial charge in [0.05, 0.1) is 11.5 Å². The Morgan fingerprint density at radius 2 is 1.96 bits per heavy atom. The molecule has 0 N–H and O–H groups in total. The summed E-state index contributed by atoms with van der Waals surface area (Å²) in [6.45, 7) is 6.89. The molecular weight excluding hydrogens is 324 g/mol. The molecule has 24 heavy (non-hydrogen) atoms.